The molecule has 4 amide bonds. The first-order chi connectivity index (χ1) is 15.8. The summed E-state index contributed by atoms with van der Waals surface area (Å²) < 4.78 is 0. The van der Waals surface area contributed by atoms with Crippen molar-refractivity contribution in [1.82, 2.24) is 16.0 Å². The summed E-state index contributed by atoms with van der Waals surface area (Å²) in [6, 6.07) is -5.77. The van der Waals surface area contributed by atoms with Crippen LogP contribution in [0.4, 0.5) is 0 Å². The van der Waals surface area contributed by atoms with E-state index in [2.05, 4.69) is 16.0 Å². The van der Waals surface area contributed by atoms with Crippen LogP contribution >= 0.6 is 0 Å². The number of hydrogen-bond donors (Lipinski definition) is 9. The molecule has 0 aliphatic heterocycles. The number of amides is 4. The highest BCUT2D eigenvalue weighted by Gasteiger charge is 2.31. The van der Waals surface area contributed by atoms with Gasteiger partial charge in [0, 0.05) is 6.42 Å². The molecule has 5 atom stereocenters. The summed E-state index contributed by atoms with van der Waals surface area (Å²) in [6.07, 6.45) is -1.81. The maximum absolute atomic E-state index is 12.8. The zero-order valence-corrected chi connectivity index (χ0v) is 18.9. The van der Waals surface area contributed by atoms with Crippen LogP contribution in [0.25, 0.3) is 0 Å². The van der Waals surface area contributed by atoms with Gasteiger partial charge in [0.25, 0.3) is 0 Å². The molecule has 0 aromatic carbocycles. The molecule has 5 unspecified atom stereocenters. The van der Waals surface area contributed by atoms with E-state index in [9.17, 15) is 33.9 Å². The monoisotopic (exact) mass is 490 g/mol. The largest absolute Gasteiger partial charge is 0.481 e. The zero-order valence-electron chi connectivity index (χ0n) is 18.9. The number of aliphatic hydroxyl groups is 1. The third-order valence-electron chi connectivity index (χ3n) is 4.71. The molecule has 0 fully saturated rings. The summed E-state index contributed by atoms with van der Waals surface area (Å²) >= 11 is 0. The molecule has 15 heteroatoms. The van der Waals surface area contributed by atoms with Crippen LogP contribution in [0.5, 0.6) is 0 Å². The van der Waals surface area contributed by atoms with E-state index in [1.165, 1.54) is 6.92 Å². The summed E-state index contributed by atoms with van der Waals surface area (Å²) in [5.41, 5.74) is 16.1. The number of aliphatic carboxylic acids is 2. The maximum Gasteiger partial charge on any atom is 0.326 e. The second kappa shape index (κ2) is 15.5. The highest BCUT2D eigenvalue weighted by atomic mass is 16.4. The van der Waals surface area contributed by atoms with Gasteiger partial charge in [-0.15, -0.1) is 0 Å². The van der Waals surface area contributed by atoms with Crippen molar-refractivity contribution in [2.45, 2.75) is 75.7 Å². The average Bonchev–Trinajstić information content (AvgIpc) is 2.73. The van der Waals surface area contributed by atoms with Crippen molar-refractivity contribution in [3.63, 3.8) is 0 Å². The number of nitrogens with two attached hydrogens (primary N) is 3. The van der Waals surface area contributed by atoms with Gasteiger partial charge in [-0.05, 0) is 39.2 Å². The van der Waals surface area contributed by atoms with E-state index in [4.69, 9.17) is 27.4 Å². The number of carboxylic acids is 2. The van der Waals surface area contributed by atoms with E-state index in [-0.39, 0.29) is 25.8 Å². The molecule has 0 saturated carbocycles. The summed E-state index contributed by atoms with van der Waals surface area (Å²) in [5, 5.41) is 34.2. The van der Waals surface area contributed by atoms with Gasteiger partial charge in [0.2, 0.25) is 23.6 Å². The predicted molar refractivity (Wildman–Crippen MR) is 117 cm³/mol. The lowest BCUT2D eigenvalue weighted by molar-refractivity contribution is -0.147. The molecule has 0 aliphatic rings. The van der Waals surface area contributed by atoms with Crippen molar-refractivity contribution >= 4 is 35.6 Å². The van der Waals surface area contributed by atoms with Crippen LogP contribution in [0, 0.1) is 0 Å². The van der Waals surface area contributed by atoms with E-state index < -0.39 is 72.3 Å². The fourth-order valence-corrected chi connectivity index (χ4v) is 2.72. The number of nitrogens with one attached hydrogen (secondary N) is 3. The van der Waals surface area contributed by atoms with Gasteiger partial charge in [0.15, 0.2) is 0 Å². The van der Waals surface area contributed by atoms with Crippen molar-refractivity contribution in [1.29, 1.82) is 0 Å². The van der Waals surface area contributed by atoms with E-state index in [0.717, 1.165) is 0 Å². The maximum atomic E-state index is 12.8. The predicted octanol–water partition coefficient (Wildman–Crippen LogP) is -3.90. The molecule has 15 nitrogen and oxygen atoms in total. The van der Waals surface area contributed by atoms with Gasteiger partial charge in [0.05, 0.1) is 12.5 Å². The number of rotatable bonds is 17. The minimum atomic E-state index is -1.74. The average molecular weight is 491 g/mol. The lowest BCUT2D eigenvalue weighted by Crippen LogP contribution is -2.58. The van der Waals surface area contributed by atoms with Gasteiger partial charge in [-0.2, -0.15) is 0 Å². The summed E-state index contributed by atoms with van der Waals surface area (Å²) in [5.74, 6) is -6.55. The van der Waals surface area contributed by atoms with Gasteiger partial charge in [-0.25, -0.2) is 4.79 Å². The number of primary amides is 1. The fraction of sp³-hybridized carbons (Fsp3) is 0.684. The minimum absolute atomic E-state index is 0.0257. The second-order valence-corrected chi connectivity index (χ2v) is 7.68. The SMILES string of the molecule is CC(O)C(N)C(=O)NC(CCC(N)=O)C(=O)NC(CCCCN)C(=O)NC(CC(=O)O)C(=O)O. The Labute approximate surface area is 195 Å². The van der Waals surface area contributed by atoms with Crippen LogP contribution in [0.1, 0.15) is 45.4 Å². The number of carboxylic acid groups (broad SMARTS) is 2. The quantitative estimate of drug-likeness (QED) is 0.0888. The lowest BCUT2D eigenvalue weighted by atomic mass is 10.0. The number of aliphatic hydroxyl groups excluding tert-OH is 1. The molecule has 0 heterocycles. The van der Waals surface area contributed by atoms with Crippen molar-refractivity contribution in [3.05, 3.63) is 0 Å². The fourth-order valence-electron chi connectivity index (χ4n) is 2.72. The van der Waals surface area contributed by atoms with Gasteiger partial charge < -0.3 is 48.5 Å². The zero-order chi connectivity index (χ0) is 26.4. The first-order valence-electron chi connectivity index (χ1n) is 10.6. The highest BCUT2D eigenvalue weighted by molar-refractivity contribution is 5.95. The number of carbonyl (C=O) groups is 6. The van der Waals surface area contributed by atoms with Gasteiger partial charge in [-0.3, -0.25) is 24.0 Å². The van der Waals surface area contributed by atoms with Gasteiger partial charge >= 0.3 is 11.9 Å². The van der Waals surface area contributed by atoms with Crippen molar-refractivity contribution in [2.24, 2.45) is 17.2 Å². The Balaban J connectivity index is 5.60. The molecular formula is C19H34N6O9. The molecule has 194 valence electrons. The smallest absolute Gasteiger partial charge is 0.326 e. The molecule has 34 heavy (non-hydrogen) atoms. The number of carbonyl (C=O) groups excluding carboxylic acids is 4. The van der Waals surface area contributed by atoms with Crippen molar-refractivity contribution < 1.29 is 44.1 Å². The molecule has 0 aromatic heterocycles. The summed E-state index contributed by atoms with van der Waals surface area (Å²) in [7, 11) is 0. The summed E-state index contributed by atoms with van der Waals surface area (Å²) in [6.45, 7) is 1.55. The number of unbranched alkanes of at least 4 members (excludes halogenated alkanes) is 1. The Bertz CT molecular complexity index is 746. The standard InChI is InChI=1S/C19H34N6O9/c1-9(26)15(22)18(32)24-11(5-6-13(21)27)17(31)23-10(4-2-3-7-20)16(30)25-12(19(33)34)8-14(28)29/h9-12,15,26H,2-8,20,22H2,1H3,(H2,21,27)(H,23,31)(H,24,32)(H,25,30)(H,28,29)(H,33,34). The van der Waals surface area contributed by atoms with Crippen LogP contribution in [0.2, 0.25) is 0 Å². The van der Waals surface area contributed by atoms with Crippen LogP contribution in [-0.4, -0.2) is 87.7 Å². The normalized spacial score (nSPS) is 15.2. The van der Waals surface area contributed by atoms with Crippen LogP contribution < -0.4 is 33.2 Å². The van der Waals surface area contributed by atoms with Crippen LogP contribution in [0.3, 0.4) is 0 Å². The third kappa shape index (κ3) is 12.1. The molecule has 0 bridgehead atoms. The minimum Gasteiger partial charge on any atom is -0.481 e. The molecule has 0 aliphatic carbocycles. The Hall–Kier alpha value is -3.30. The second-order valence-electron chi connectivity index (χ2n) is 7.68. The Morgan fingerprint density at radius 1 is 0.824 bits per heavy atom. The number of hydrogen-bond acceptors (Lipinski definition) is 9. The lowest BCUT2D eigenvalue weighted by Gasteiger charge is -2.25. The van der Waals surface area contributed by atoms with E-state index in [1.807, 2.05) is 0 Å². The van der Waals surface area contributed by atoms with E-state index >= 15 is 0 Å². The van der Waals surface area contributed by atoms with E-state index in [0.29, 0.717) is 12.8 Å². The van der Waals surface area contributed by atoms with Crippen molar-refractivity contribution in [3.8, 4) is 0 Å². The topological polar surface area (TPSA) is 277 Å². The Morgan fingerprint density at radius 2 is 1.32 bits per heavy atom. The molecule has 0 spiro atoms. The molecule has 0 rings (SSSR count). The van der Waals surface area contributed by atoms with Gasteiger partial charge in [-0.1, -0.05) is 0 Å². The molecule has 0 saturated heterocycles. The highest BCUT2D eigenvalue weighted by Crippen LogP contribution is 2.06. The van der Waals surface area contributed by atoms with Crippen LogP contribution in [0.15, 0.2) is 0 Å². The van der Waals surface area contributed by atoms with Crippen molar-refractivity contribution in [2.75, 3.05) is 6.54 Å². The summed E-state index contributed by atoms with van der Waals surface area (Å²) in [4.78, 5) is 71.0. The molecular weight excluding hydrogens is 456 g/mol. The first kappa shape index (κ1) is 30.7. The Morgan fingerprint density at radius 3 is 1.76 bits per heavy atom. The van der Waals surface area contributed by atoms with E-state index in [1.54, 1.807) is 0 Å². The molecule has 0 aromatic rings. The Kier molecular flexibility index (Phi) is 14.0. The van der Waals surface area contributed by atoms with Gasteiger partial charge in [0.1, 0.15) is 24.2 Å². The molecule has 0 radical (unpaired) electrons. The first-order valence-corrected chi connectivity index (χ1v) is 10.6. The third-order valence-corrected chi connectivity index (χ3v) is 4.71. The molecule has 12 N–H and O–H groups in total. The van der Waals surface area contributed by atoms with Crippen LogP contribution in [-0.2, 0) is 28.8 Å².